The largest absolute Gasteiger partial charge is 0.383 e. The number of methoxy groups -OCH3 is 1. The molecule has 0 saturated carbocycles. The van der Waals surface area contributed by atoms with Crippen molar-refractivity contribution in [3.63, 3.8) is 0 Å². The summed E-state index contributed by atoms with van der Waals surface area (Å²) in [5.74, 6) is -0.943. The van der Waals surface area contributed by atoms with Gasteiger partial charge in [-0.25, -0.2) is 4.39 Å². The monoisotopic (exact) mass is 337 g/mol. The first-order valence-corrected chi connectivity index (χ1v) is 6.89. The van der Waals surface area contributed by atoms with Crippen LogP contribution in [0.25, 0.3) is 0 Å². The lowest BCUT2D eigenvalue weighted by Gasteiger charge is -2.16. The molecule has 18 heavy (non-hydrogen) atoms. The van der Waals surface area contributed by atoms with E-state index in [1.54, 1.807) is 7.11 Å². The predicted octanol–water partition coefficient (Wildman–Crippen LogP) is 3.01. The minimum Gasteiger partial charge on any atom is -0.383 e. The van der Waals surface area contributed by atoms with Crippen molar-refractivity contribution in [1.29, 1.82) is 0 Å². The van der Waals surface area contributed by atoms with Crippen molar-refractivity contribution in [2.24, 2.45) is 0 Å². The third kappa shape index (κ3) is 4.55. The Morgan fingerprint density at radius 1 is 1.61 bits per heavy atom. The first kappa shape index (κ1) is 15.4. The van der Waals surface area contributed by atoms with E-state index in [2.05, 4.69) is 21.2 Å². The lowest BCUT2D eigenvalue weighted by molar-refractivity contribution is 0.0895. The Kier molecular flexibility index (Phi) is 6.60. The fourth-order valence-corrected chi connectivity index (χ4v) is 2.11. The number of ether oxygens (including phenoxy) is 1. The van der Waals surface area contributed by atoms with E-state index in [1.165, 1.54) is 12.1 Å². The molecule has 0 fully saturated rings. The smallest absolute Gasteiger partial charge is 0.251 e. The lowest BCUT2D eigenvalue weighted by atomic mass is 10.1. The Labute approximate surface area is 119 Å². The van der Waals surface area contributed by atoms with Crippen molar-refractivity contribution >= 4 is 33.4 Å². The molecule has 0 radical (unpaired) electrons. The van der Waals surface area contributed by atoms with Crippen molar-refractivity contribution in [2.45, 2.75) is 12.5 Å². The minimum atomic E-state index is -0.604. The van der Waals surface area contributed by atoms with Crippen LogP contribution in [-0.4, -0.2) is 31.0 Å². The summed E-state index contributed by atoms with van der Waals surface area (Å²) >= 11 is 8.86. The highest BCUT2D eigenvalue weighted by atomic mass is 79.9. The van der Waals surface area contributed by atoms with Crippen LogP contribution in [0.4, 0.5) is 4.39 Å². The van der Waals surface area contributed by atoms with Crippen LogP contribution in [0.3, 0.4) is 0 Å². The Bertz CT molecular complexity index is 411. The van der Waals surface area contributed by atoms with E-state index >= 15 is 0 Å². The van der Waals surface area contributed by atoms with Crippen LogP contribution in [0.1, 0.15) is 16.8 Å². The average molecular weight is 339 g/mol. The molecule has 0 aromatic heterocycles. The Balaban J connectivity index is 2.70. The summed E-state index contributed by atoms with van der Waals surface area (Å²) in [5, 5.41) is 3.52. The van der Waals surface area contributed by atoms with Gasteiger partial charge in [0, 0.05) is 18.0 Å². The molecule has 1 atom stereocenters. The molecule has 0 saturated heterocycles. The number of halogens is 3. The third-order valence-electron chi connectivity index (χ3n) is 2.34. The van der Waals surface area contributed by atoms with Crippen molar-refractivity contribution < 1.29 is 13.9 Å². The summed E-state index contributed by atoms with van der Waals surface area (Å²) in [4.78, 5) is 11.9. The van der Waals surface area contributed by atoms with Crippen LogP contribution in [0.2, 0.25) is 5.02 Å². The molecule has 100 valence electrons. The highest BCUT2D eigenvalue weighted by Gasteiger charge is 2.14. The Morgan fingerprint density at radius 3 is 2.89 bits per heavy atom. The second-order valence-electron chi connectivity index (χ2n) is 3.73. The van der Waals surface area contributed by atoms with Gasteiger partial charge in [-0.05, 0) is 24.6 Å². The van der Waals surface area contributed by atoms with Gasteiger partial charge in [-0.15, -0.1) is 0 Å². The zero-order chi connectivity index (χ0) is 13.5. The molecule has 0 aliphatic rings. The minimum absolute atomic E-state index is 0.000416. The van der Waals surface area contributed by atoms with Gasteiger partial charge in [0.1, 0.15) is 5.82 Å². The van der Waals surface area contributed by atoms with Crippen LogP contribution in [-0.2, 0) is 4.74 Å². The van der Waals surface area contributed by atoms with E-state index < -0.39 is 5.82 Å². The number of rotatable bonds is 6. The number of carbonyl (C=O) groups excluding carboxylic acids is 1. The second kappa shape index (κ2) is 7.71. The van der Waals surface area contributed by atoms with Crippen molar-refractivity contribution in [3.8, 4) is 0 Å². The van der Waals surface area contributed by atoms with Crippen molar-refractivity contribution in [2.75, 3.05) is 19.0 Å². The molecule has 0 aliphatic carbocycles. The molecule has 1 rings (SSSR count). The van der Waals surface area contributed by atoms with Crippen molar-refractivity contribution in [1.82, 2.24) is 5.32 Å². The van der Waals surface area contributed by atoms with E-state index in [0.717, 1.165) is 17.8 Å². The zero-order valence-electron chi connectivity index (χ0n) is 9.88. The highest BCUT2D eigenvalue weighted by molar-refractivity contribution is 9.09. The van der Waals surface area contributed by atoms with Crippen LogP contribution in [0, 0.1) is 5.82 Å². The SMILES string of the molecule is COCC(CCBr)NC(=O)c1ccc(Cl)c(F)c1. The molecule has 1 amide bonds. The molecule has 0 bridgehead atoms. The Hall–Kier alpha value is -0.650. The summed E-state index contributed by atoms with van der Waals surface area (Å²) in [6.07, 6.45) is 0.732. The van der Waals surface area contributed by atoms with Crippen LogP contribution in [0.5, 0.6) is 0 Å². The maximum absolute atomic E-state index is 13.2. The van der Waals surface area contributed by atoms with Gasteiger partial charge in [0.2, 0.25) is 0 Å². The summed E-state index contributed by atoms with van der Waals surface area (Å²) in [7, 11) is 1.56. The molecule has 0 spiro atoms. The molecule has 1 unspecified atom stereocenters. The molecule has 6 heteroatoms. The van der Waals surface area contributed by atoms with Gasteiger partial charge in [-0.1, -0.05) is 27.5 Å². The topological polar surface area (TPSA) is 38.3 Å². The van der Waals surface area contributed by atoms with Gasteiger partial charge < -0.3 is 10.1 Å². The number of carbonyl (C=O) groups is 1. The van der Waals surface area contributed by atoms with Gasteiger partial charge in [-0.3, -0.25) is 4.79 Å². The molecular formula is C12H14BrClFNO2. The average Bonchev–Trinajstić information content (AvgIpc) is 2.33. The standard InChI is InChI=1S/C12H14BrClFNO2/c1-18-7-9(4-5-13)16-12(17)8-2-3-10(14)11(15)6-8/h2-3,6,9H,4-5,7H2,1H3,(H,16,17). The second-order valence-corrected chi connectivity index (χ2v) is 4.93. The van der Waals surface area contributed by atoms with Gasteiger partial charge in [0.05, 0.1) is 17.7 Å². The highest BCUT2D eigenvalue weighted by Crippen LogP contribution is 2.15. The first-order valence-electron chi connectivity index (χ1n) is 5.39. The maximum Gasteiger partial charge on any atom is 0.251 e. The summed E-state index contributed by atoms with van der Waals surface area (Å²) < 4.78 is 18.2. The molecule has 1 aromatic carbocycles. The zero-order valence-corrected chi connectivity index (χ0v) is 12.2. The van der Waals surface area contributed by atoms with E-state index in [4.69, 9.17) is 16.3 Å². The van der Waals surface area contributed by atoms with Crippen LogP contribution < -0.4 is 5.32 Å². The summed E-state index contributed by atoms with van der Waals surface area (Å²) in [5.41, 5.74) is 0.243. The number of benzene rings is 1. The number of hydrogen-bond donors (Lipinski definition) is 1. The number of alkyl halides is 1. The van der Waals surface area contributed by atoms with Crippen LogP contribution in [0.15, 0.2) is 18.2 Å². The lowest BCUT2D eigenvalue weighted by Crippen LogP contribution is -2.38. The van der Waals surface area contributed by atoms with Crippen LogP contribution >= 0.6 is 27.5 Å². The molecule has 0 heterocycles. The normalized spacial score (nSPS) is 12.2. The predicted molar refractivity (Wildman–Crippen MR) is 73.0 cm³/mol. The first-order chi connectivity index (χ1) is 8.58. The molecule has 1 aromatic rings. The maximum atomic E-state index is 13.2. The van der Waals surface area contributed by atoms with E-state index in [0.29, 0.717) is 6.61 Å². The molecule has 1 N–H and O–H groups in total. The van der Waals surface area contributed by atoms with E-state index in [-0.39, 0.29) is 22.5 Å². The van der Waals surface area contributed by atoms with E-state index in [9.17, 15) is 9.18 Å². The van der Waals surface area contributed by atoms with Gasteiger partial charge >= 0.3 is 0 Å². The summed E-state index contributed by atoms with van der Waals surface area (Å²) in [6, 6.07) is 3.86. The number of hydrogen-bond acceptors (Lipinski definition) is 2. The van der Waals surface area contributed by atoms with Crippen molar-refractivity contribution in [3.05, 3.63) is 34.6 Å². The number of amides is 1. The van der Waals surface area contributed by atoms with Gasteiger partial charge in [0.15, 0.2) is 0 Å². The fraction of sp³-hybridized carbons (Fsp3) is 0.417. The fourth-order valence-electron chi connectivity index (χ4n) is 1.44. The number of nitrogens with one attached hydrogen (secondary N) is 1. The molecule has 3 nitrogen and oxygen atoms in total. The van der Waals surface area contributed by atoms with Gasteiger partial charge in [-0.2, -0.15) is 0 Å². The summed E-state index contributed by atoms with van der Waals surface area (Å²) in [6.45, 7) is 0.410. The Morgan fingerprint density at radius 2 is 2.33 bits per heavy atom. The quantitative estimate of drug-likeness (QED) is 0.810. The third-order valence-corrected chi connectivity index (χ3v) is 3.11. The van der Waals surface area contributed by atoms with E-state index in [1.807, 2.05) is 0 Å². The molecule has 0 aliphatic heterocycles. The molecular weight excluding hydrogens is 324 g/mol. The van der Waals surface area contributed by atoms with Gasteiger partial charge in [0.25, 0.3) is 5.91 Å².